The van der Waals surface area contributed by atoms with Crippen LogP contribution in [0.25, 0.3) is 6.08 Å². The fourth-order valence-electron chi connectivity index (χ4n) is 2.01. The highest BCUT2D eigenvalue weighted by Crippen LogP contribution is 2.21. The van der Waals surface area contributed by atoms with Crippen LogP contribution in [0, 0.1) is 0 Å². The maximum absolute atomic E-state index is 11.8. The molecule has 6 heteroatoms. The maximum atomic E-state index is 11.8. The number of pyridine rings is 1. The van der Waals surface area contributed by atoms with E-state index in [0.717, 1.165) is 5.69 Å². The van der Waals surface area contributed by atoms with E-state index in [1.807, 2.05) is 4.57 Å². The molecule has 0 saturated heterocycles. The Labute approximate surface area is 114 Å². The van der Waals surface area contributed by atoms with Crippen molar-refractivity contribution < 1.29 is 4.79 Å². The molecule has 0 atom stereocenters. The number of nitrogens with zero attached hydrogens (tertiary/aromatic N) is 3. The molecule has 20 heavy (non-hydrogen) atoms. The molecule has 1 N–H and O–H groups in total. The van der Waals surface area contributed by atoms with Crippen molar-refractivity contribution in [2.45, 2.75) is 6.54 Å². The van der Waals surface area contributed by atoms with Gasteiger partial charge in [-0.2, -0.15) is 0 Å². The Morgan fingerprint density at radius 3 is 2.95 bits per heavy atom. The molecule has 0 aromatic carbocycles. The summed E-state index contributed by atoms with van der Waals surface area (Å²) in [5.74, 6) is 2.34. The van der Waals surface area contributed by atoms with Gasteiger partial charge in [0, 0.05) is 24.7 Å². The Kier molecular flexibility index (Phi) is 2.99. The molecule has 0 saturated carbocycles. The minimum Gasteiger partial charge on any atom is -0.332 e. The monoisotopic (exact) mass is 266 g/mol. The summed E-state index contributed by atoms with van der Waals surface area (Å²) in [5, 5.41) is 2.90. The zero-order valence-corrected chi connectivity index (χ0v) is 10.4. The molecule has 1 aliphatic rings. The van der Waals surface area contributed by atoms with Gasteiger partial charge in [-0.3, -0.25) is 14.8 Å². The summed E-state index contributed by atoms with van der Waals surface area (Å²) >= 11 is 0. The van der Waals surface area contributed by atoms with E-state index in [2.05, 4.69) is 15.3 Å². The van der Waals surface area contributed by atoms with E-state index in [0.29, 0.717) is 17.9 Å². The first kappa shape index (κ1) is 12.1. The van der Waals surface area contributed by atoms with E-state index in [9.17, 15) is 9.59 Å². The molecule has 0 radical (unpaired) electrons. The van der Waals surface area contributed by atoms with Crippen molar-refractivity contribution in [1.82, 2.24) is 14.5 Å². The Morgan fingerprint density at radius 1 is 1.30 bits per heavy atom. The van der Waals surface area contributed by atoms with Crippen LogP contribution < -0.4 is 10.7 Å². The van der Waals surface area contributed by atoms with Crippen LogP contribution >= 0.6 is 0 Å². The first-order valence-corrected chi connectivity index (χ1v) is 5.96. The van der Waals surface area contributed by atoms with Crippen LogP contribution in [-0.4, -0.2) is 20.5 Å². The highest BCUT2D eigenvalue weighted by Gasteiger charge is 2.14. The summed E-state index contributed by atoms with van der Waals surface area (Å²) in [7, 11) is 0. The van der Waals surface area contributed by atoms with E-state index in [1.54, 1.807) is 36.8 Å². The molecule has 2 aromatic rings. The molecule has 0 bridgehead atoms. The molecule has 6 nitrogen and oxygen atoms in total. The number of hydrogen-bond donors (Lipinski definition) is 1. The number of allylic oxidation sites excluding steroid dienone is 1. The molecule has 0 aliphatic carbocycles. The molecule has 2 aromatic heterocycles. The summed E-state index contributed by atoms with van der Waals surface area (Å²) in [6.45, 7) is 0.448. The fraction of sp³-hybridized carbons (Fsp3) is 0.0714. The van der Waals surface area contributed by atoms with Gasteiger partial charge in [-0.05, 0) is 12.2 Å². The van der Waals surface area contributed by atoms with Crippen molar-refractivity contribution in [2.75, 3.05) is 5.32 Å². The van der Waals surface area contributed by atoms with Crippen LogP contribution in [0.1, 0.15) is 11.3 Å². The molecule has 3 heterocycles. The lowest BCUT2D eigenvalue weighted by Gasteiger charge is -2.19. The Hall–Kier alpha value is -2.98. The first-order chi connectivity index (χ1) is 9.78. The largest absolute Gasteiger partial charge is 0.332 e. The third kappa shape index (κ3) is 2.15. The quantitative estimate of drug-likeness (QED) is 0.815. The van der Waals surface area contributed by atoms with Gasteiger partial charge >= 0.3 is 0 Å². The molecule has 3 rings (SSSR count). The molecule has 0 unspecified atom stereocenters. The lowest BCUT2D eigenvalue weighted by molar-refractivity contribution is 0.567. The number of fused-ring (bicyclic) bond motifs is 1. The zero-order chi connectivity index (χ0) is 13.9. The molecular formula is C14H10N4O2. The van der Waals surface area contributed by atoms with Crippen LogP contribution in [0.2, 0.25) is 0 Å². The second kappa shape index (κ2) is 4.95. The number of hydrogen-bond acceptors (Lipinski definition) is 5. The third-order valence-corrected chi connectivity index (χ3v) is 2.94. The summed E-state index contributed by atoms with van der Waals surface area (Å²) in [6, 6.07) is 1.48. The van der Waals surface area contributed by atoms with Gasteiger partial charge in [0.25, 0.3) is 0 Å². The number of rotatable bonds is 2. The van der Waals surface area contributed by atoms with Crippen molar-refractivity contribution in [3.63, 3.8) is 0 Å². The molecule has 0 fully saturated rings. The lowest BCUT2D eigenvalue weighted by Crippen LogP contribution is -2.20. The van der Waals surface area contributed by atoms with Crippen molar-refractivity contribution in [3.8, 4) is 0 Å². The average Bonchev–Trinajstić information content (AvgIpc) is 2.51. The van der Waals surface area contributed by atoms with Crippen LogP contribution in [0.5, 0.6) is 0 Å². The van der Waals surface area contributed by atoms with E-state index in [1.165, 1.54) is 12.1 Å². The van der Waals surface area contributed by atoms with Crippen molar-refractivity contribution in [1.29, 1.82) is 0 Å². The number of nitrogens with one attached hydrogen (secondary N) is 1. The predicted molar refractivity (Wildman–Crippen MR) is 73.7 cm³/mol. The summed E-state index contributed by atoms with van der Waals surface area (Å²) in [4.78, 5) is 30.8. The zero-order valence-electron chi connectivity index (χ0n) is 10.4. The minimum atomic E-state index is -0.107. The van der Waals surface area contributed by atoms with E-state index < -0.39 is 0 Å². The summed E-state index contributed by atoms with van der Waals surface area (Å²) < 4.78 is 1.81. The second-order valence-corrected chi connectivity index (χ2v) is 4.24. The number of anilines is 1. The van der Waals surface area contributed by atoms with Gasteiger partial charge < -0.3 is 9.88 Å². The second-order valence-electron chi connectivity index (χ2n) is 4.24. The number of aromatic nitrogens is 3. The van der Waals surface area contributed by atoms with Gasteiger partial charge in [0.15, 0.2) is 11.4 Å². The highest BCUT2D eigenvalue weighted by atomic mass is 16.1. The SMILES string of the molecule is O=C=C1C=Cc2c(n(Cc3cnccn3)ccc2=O)N1. The number of carbonyl (C=O) groups excluding carboxylic acids is 1. The lowest BCUT2D eigenvalue weighted by atomic mass is 10.1. The predicted octanol–water partition coefficient (Wildman–Crippen LogP) is 0.841. The van der Waals surface area contributed by atoms with E-state index in [4.69, 9.17) is 0 Å². The molecule has 0 amide bonds. The van der Waals surface area contributed by atoms with Crippen molar-refractivity contribution in [3.05, 3.63) is 64.1 Å². The molecule has 1 aliphatic heterocycles. The fourth-order valence-corrected chi connectivity index (χ4v) is 2.01. The molecule has 0 spiro atoms. The normalized spacial score (nSPS) is 12.5. The Bertz CT molecular complexity index is 787. The van der Waals surface area contributed by atoms with Crippen molar-refractivity contribution in [2.24, 2.45) is 0 Å². The maximum Gasteiger partial charge on any atom is 0.190 e. The van der Waals surface area contributed by atoms with E-state index >= 15 is 0 Å². The van der Waals surface area contributed by atoms with Gasteiger partial charge in [0.1, 0.15) is 11.5 Å². The standard InChI is InChI=1S/C14H10N4O2/c19-9-10-1-2-12-13(20)3-6-18(14(12)17-10)8-11-7-15-4-5-16-11/h1-7,17H,8H2. The van der Waals surface area contributed by atoms with Crippen LogP contribution in [0.15, 0.2) is 47.4 Å². The van der Waals surface area contributed by atoms with Crippen LogP contribution in [0.3, 0.4) is 0 Å². The average molecular weight is 266 g/mol. The van der Waals surface area contributed by atoms with Gasteiger partial charge in [0.05, 0.1) is 24.0 Å². The summed E-state index contributed by atoms with van der Waals surface area (Å²) in [6.07, 6.45) is 9.65. The van der Waals surface area contributed by atoms with Crippen molar-refractivity contribution >= 4 is 17.8 Å². The van der Waals surface area contributed by atoms with Gasteiger partial charge in [-0.25, -0.2) is 4.79 Å². The van der Waals surface area contributed by atoms with Gasteiger partial charge in [-0.15, -0.1) is 0 Å². The summed E-state index contributed by atoms with van der Waals surface area (Å²) in [5.41, 5.74) is 1.45. The molecule has 98 valence electrons. The molecular weight excluding hydrogens is 256 g/mol. The first-order valence-electron chi connectivity index (χ1n) is 5.96. The van der Waals surface area contributed by atoms with Crippen LogP contribution in [-0.2, 0) is 11.3 Å². The van der Waals surface area contributed by atoms with Crippen LogP contribution in [0.4, 0.5) is 5.82 Å². The van der Waals surface area contributed by atoms with Gasteiger partial charge in [-0.1, -0.05) is 0 Å². The minimum absolute atomic E-state index is 0.107. The van der Waals surface area contributed by atoms with Gasteiger partial charge in [0.2, 0.25) is 0 Å². The van der Waals surface area contributed by atoms with E-state index in [-0.39, 0.29) is 11.1 Å². The Morgan fingerprint density at radius 2 is 2.20 bits per heavy atom. The third-order valence-electron chi connectivity index (χ3n) is 2.94. The topological polar surface area (TPSA) is 76.9 Å². The Balaban J connectivity index is 2.08. The smallest absolute Gasteiger partial charge is 0.190 e. The highest BCUT2D eigenvalue weighted by molar-refractivity contribution is 5.78.